The van der Waals surface area contributed by atoms with E-state index in [1.807, 2.05) is 26.0 Å². The van der Waals surface area contributed by atoms with Gasteiger partial charge >= 0.3 is 0 Å². The van der Waals surface area contributed by atoms with Crippen molar-refractivity contribution < 1.29 is 14.7 Å². The maximum absolute atomic E-state index is 9.50. The Morgan fingerprint density at radius 1 is 1.47 bits per heavy atom. The van der Waals surface area contributed by atoms with Crippen molar-refractivity contribution in [3.05, 3.63) is 23.8 Å². The van der Waals surface area contributed by atoms with Crippen LogP contribution in [0.3, 0.4) is 0 Å². The first-order valence-corrected chi connectivity index (χ1v) is 4.96. The fourth-order valence-corrected chi connectivity index (χ4v) is 1.35. The number of ether oxygens (including phenoxy) is 1. The monoisotopic (exact) mass is 211 g/mol. The number of rotatable bonds is 5. The largest absolute Gasteiger partial charge is 0.504 e. The lowest BCUT2D eigenvalue weighted by atomic mass is 10.0. The van der Waals surface area contributed by atoms with Gasteiger partial charge < -0.3 is 14.7 Å². The van der Waals surface area contributed by atoms with Crippen LogP contribution in [0.25, 0.3) is 0 Å². The fraction of sp³-hybridized carbons (Fsp3) is 0.455. The Bertz CT molecular complexity index is 315. The molecule has 0 aliphatic heterocycles. The number of hydrogen-bond acceptors (Lipinski definition) is 4. The van der Waals surface area contributed by atoms with Gasteiger partial charge in [-0.05, 0) is 24.6 Å². The molecule has 15 heavy (non-hydrogen) atoms. The molecule has 0 heterocycles. The highest BCUT2D eigenvalue weighted by Crippen LogP contribution is 2.29. The first kappa shape index (κ1) is 11.8. The number of benzene rings is 1. The van der Waals surface area contributed by atoms with Crippen molar-refractivity contribution in [2.45, 2.75) is 19.8 Å². The van der Waals surface area contributed by atoms with Gasteiger partial charge in [-0.25, -0.2) is 5.90 Å². The fourth-order valence-electron chi connectivity index (χ4n) is 1.35. The molecule has 0 aliphatic carbocycles. The summed E-state index contributed by atoms with van der Waals surface area (Å²) in [4.78, 5) is 4.58. The van der Waals surface area contributed by atoms with Gasteiger partial charge in [0.15, 0.2) is 11.5 Å². The third-order valence-corrected chi connectivity index (χ3v) is 2.20. The second-order valence-corrected chi connectivity index (χ2v) is 3.39. The topological polar surface area (TPSA) is 64.7 Å². The Balaban J connectivity index is 2.86. The molecule has 1 rings (SSSR count). The highest BCUT2D eigenvalue weighted by atomic mass is 16.6. The number of nitrogens with two attached hydrogens (primary N) is 1. The van der Waals surface area contributed by atoms with Crippen LogP contribution >= 0.6 is 0 Å². The molecule has 1 aromatic rings. The summed E-state index contributed by atoms with van der Waals surface area (Å²) in [5, 5.41) is 9.50. The van der Waals surface area contributed by atoms with E-state index >= 15 is 0 Å². The quantitative estimate of drug-likeness (QED) is 0.729. The van der Waals surface area contributed by atoms with E-state index in [9.17, 15) is 5.11 Å². The van der Waals surface area contributed by atoms with Crippen LogP contribution in [0.15, 0.2) is 18.2 Å². The van der Waals surface area contributed by atoms with Crippen LogP contribution in [0.5, 0.6) is 11.5 Å². The van der Waals surface area contributed by atoms with E-state index < -0.39 is 0 Å². The van der Waals surface area contributed by atoms with Crippen molar-refractivity contribution in [2.75, 3.05) is 13.2 Å². The van der Waals surface area contributed by atoms with E-state index in [2.05, 4.69) is 4.84 Å². The average Bonchev–Trinajstić information content (AvgIpc) is 2.22. The molecule has 84 valence electrons. The Kier molecular flexibility index (Phi) is 4.39. The van der Waals surface area contributed by atoms with Gasteiger partial charge in [-0.3, -0.25) is 0 Å². The van der Waals surface area contributed by atoms with E-state index in [1.165, 1.54) is 0 Å². The molecule has 0 aromatic heterocycles. The molecular weight excluding hydrogens is 194 g/mol. The van der Waals surface area contributed by atoms with Crippen LogP contribution in [0.1, 0.15) is 25.3 Å². The smallest absolute Gasteiger partial charge is 0.161 e. The Morgan fingerprint density at radius 3 is 2.80 bits per heavy atom. The SMILES string of the molecule is CCOc1cc(C(C)CON)ccc1O. The summed E-state index contributed by atoms with van der Waals surface area (Å²) in [6, 6.07) is 5.26. The summed E-state index contributed by atoms with van der Waals surface area (Å²) in [5.74, 6) is 5.84. The minimum atomic E-state index is 0.154. The zero-order chi connectivity index (χ0) is 11.3. The van der Waals surface area contributed by atoms with Crippen molar-refractivity contribution in [3.63, 3.8) is 0 Å². The normalized spacial score (nSPS) is 12.5. The van der Waals surface area contributed by atoms with E-state index in [-0.39, 0.29) is 11.7 Å². The maximum atomic E-state index is 9.50. The molecule has 0 spiro atoms. The van der Waals surface area contributed by atoms with Crippen LogP contribution in [0.4, 0.5) is 0 Å². The van der Waals surface area contributed by atoms with Gasteiger partial charge in [0.25, 0.3) is 0 Å². The number of hydrogen-bond donors (Lipinski definition) is 2. The molecule has 4 heteroatoms. The molecule has 1 atom stereocenters. The predicted molar refractivity (Wildman–Crippen MR) is 57.8 cm³/mol. The van der Waals surface area contributed by atoms with Gasteiger partial charge in [0.2, 0.25) is 0 Å². The zero-order valence-electron chi connectivity index (χ0n) is 9.06. The number of phenols is 1. The van der Waals surface area contributed by atoms with Gasteiger partial charge in [0, 0.05) is 5.92 Å². The average molecular weight is 211 g/mol. The molecule has 0 amide bonds. The van der Waals surface area contributed by atoms with E-state index in [0.717, 1.165) is 5.56 Å². The summed E-state index contributed by atoms with van der Waals surface area (Å²) in [5.41, 5.74) is 1.03. The van der Waals surface area contributed by atoms with E-state index in [4.69, 9.17) is 10.6 Å². The van der Waals surface area contributed by atoms with Gasteiger partial charge in [-0.1, -0.05) is 13.0 Å². The lowest BCUT2D eigenvalue weighted by Gasteiger charge is -2.13. The van der Waals surface area contributed by atoms with Crippen LogP contribution in [0.2, 0.25) is 0 Å². The van der Waals surface area contributed by atoms with Gasteiger partial charge in [-0.2, -0.15) is 0 Å². The third-order valence-electron chi connectivity index (χ3n) is 2.20. The summed E-state index contributed by atoms with van der Waals surface area (Å²) in [6.45, 7) is 4.84. The lowest BCUT2D eigenvalue weighted by molar-refractivity contribution is 0.126. The highest BCUT2D eigenvalue weighted by Gasteiger charge is 2.09. The van der Waals surface area contributed by atoms with Gasteiger partial charge in [0.1, 0.15) is 0 Å². The van der Waals surface area contributed by atoms with Crippen LogP contribution in [0, 0.1) is 0 Å². The lowest BCUT2D eigenvalue weighted by Crippen LogP contribution is -2.08. The molecule has 0 saturated heterocycles. The van der Waals surface area contributed by atoms with E-state index in [0.29, 0.717) is 19.0 Å². The van der Waals surface area contributed by atoms with Crippen molar-refractivity contribution in [1.29, 1.82) is 0 Å². The minimum absolute atomic E-state index is 0.154. The third kappa shape index (κ3) is 3.11. The minimum Gasteiger partial charge on any atom is -0.504 e. The standard InChI is InChI=1S/C11H17NO3/c1-3-14-11-6-9(4-5-10(11)13)8(2)7-15-12/h4-6,8,13H,3,7,12H2,1-2H3. The second kappa shape index (κ2) is 5.58. The van der Waals surface area contributed by atoms with Crippen LogP contribution in [-0.4, -0.2) is 18.3 Å². The number of phenolic OH excluding ortho intramolecular Hbond substituents is 1. The molecule has 1 aromatic carbocycles. The van der Waals surface area contributed by atoms with Crippen molar-refractivity contribution in [3.8, 4) is 11.5 Å². The number of aromatic hydroxyl groups is 1. The maximum Gasteiger partial charge on any atom is 0.161 e. The van der Waals surface area contributed by atoms with E-state index in [1.54, 1.807) is 6.07 Å². The van der Waals surface area contributed by atoms with Gasteiger partial charge in [-0.15, -0.1) is 0 Å². The molecule has 0 radical (unpaired) electrons. The van der Waals surface area contributed by atoms with Crippen LogP contribution in [-0.2, 0) is 4.84 Å². The summed E-state index contributed by atoms with van der Waals surface area (Å²) < 4.78 is 5.28. The molecule has 3 N–H and O–H groups in total. The summed E-state index contributed by atoms with van der Waals surface area (Å²) in [6.07, 6.45) is 0. The van der Waals surface area contributed by atoms with Crippen LogP contribution < -0.4 is 10.6 Å². The second-order valence-electron chi connectivity index (χ2n) is 3.39. The summed E-state index contributed by atoms with van der Waals surface area (Å²) in [7, 11) is 0. The first-order chi connectivity index (χ1) is 7.19. The van der Waals surface area contributed by atoms with Crippen molar-refractivity contribution in [2.24, 2.45) is 5.90 Å². The molecule has 1 unspecified atom stereocenters. The predicted octanol–water partition coefficient (Wildman–Crippen LogP) is 1.78. The molecular formula is C11H17NO3. The summed E-state index contributed by atoms with van der Waals surface area (Å²) >= 11 is 0. The zero-order valence-corrected chi connectivity index (χ0v) is 9.06. The Morgan fingerprint density at radius 2 is 2.20 bits per heavy atom. The highest BCUT2D eigenvalue weighted by molar-refractivity contribution is 5.42. The van der Waals surface area contributed by atoms with Gasteiger partial charge in [0.05, 0.1) is 13.2 Å². The Hall–Kier alpha value is -1.26. The Labute approximate surface area is 89.6 Å². The molecule has 0 aliphatic rings. The molecule has 4 nitrogen and oxygen atoms in total. The molecule has 0 saturated carbocycles. The molecule has 0 fully saturated rings. The van der Waals surface area contributed by atoms with Crippen molar-refractivity contribution in [1.82, 2.24) is 0 Å². The van der Waals surface area contributed by atoms with Crippen molar-refractivity contribution >= 4 is 0 Å². The molecule has 0 bridgehead atoms. The first-order valence-electron chi connectivity index (χ1n) is 4.96.